The smallest absolute Gasteiger partial charge is 0.252 e. The number of hydrogen-bond acceptors (Lipinski definition) is 4. The maximum atomic E-state index is 5.60. The molecule has 0 radical (unpaired) electrons. The second-order valence-corrected chi connectivity index (χ2v) is 24.3. The van der Waals surface area contributed by atoms with Crippen molar-refractivity contribution in [2.24, 2.45) is 0 Å². The van der Waals surface area contributed by atoms with Crippen LogP contribution in [0, 0.1) is 0 Å². The lowest BCUT2D eigenvalue weighted by Crippen LogP contribution is -2.61. The van der Waals surface area contributed by atoms with Crippen molar-refractivity contribution in [3.8, 4) is 78.4 Å². The van der Waals surface area contributed by atoms with Gasteiger partial charge in [-0.1, -0.05) is 248 Å². The lowest BCUT2D eigenvalue weighted by atomic mass is 9.33. The first-order valence-corrected chi connectivity index (χ1v) is 29.0. The molecule has 0 saturated carbocycles. The van der Waals surface area contributed by atoms with Crippen LogP contribution < -0.4 is 26.2 Å². The number of fused-ring (bicyclic) bond motifs is 4. The van der Waals surface area contributed by atoms with Gasteiger partial charge in [0.1, 0.15) is 0 Å². The van der Waals surface area contributed by atoms with E-state index in [9.17, 15) is 0 Å². The van der Waals surface area contributed by atoms with E-state index in [0.717, 1.165) is 107 Å². The minimum atomic E-state index is -0.141. The Bertz CT molecular complexity index is 3990. The van der Waals surface area contributed by atoms with E-state index in [4.69, 9.17) is 9.97 Å². The number of rotatable bonds is 9. The summed E-state index contributed by atoms with van der Waals surface area (Å²) in [5.74, 6) is 0.648. The van der Waals surface area contributed by atoms with Gasteiger partial charge in [0.05, 0.1) is 11.4 Å². The van der Waals surface area contributed by atoms with Crippen molar-refractivity contribution in [2.75, 3.05) is 9.80 Å². The zero-order chi connectivity index (χ0) is 56.4. The molecule has 0 unspecified atom stereocenters. The largest absolute Gasteiger partial charge is 0.311 e. The molecule has 0 saturated heterocycles. The summed E-state index contributed by atoms with van der Waals surface area (Å²) in [5.41, 5.74) is 26.5. The van der Waals surface area contributed by atoms with E-state index in [1.807, 2.05) is 0 Å². The first-order valence-electron chi connectivity index (χ1n) is 29.0. The van der Waals surface area contributed by atoms with E-state index in [-0.39, 0.29) is 17.5 Å². The Morgan fingerprint density at radius 1 is 0.277 bits per heavy atom. The molecule has 4 nitrogen and oxygen atoms in total. The van der Waals surface area contributed by atoms with Crippen LogP contribution in [0.2, 0.25) is 0 Å². The lowest BCUT2D eigenvalue weighted by Gasteiger charge is -2.45. The molecule has 0 spiro atoms. The minimum Gasteiger partial charge on any atom is -0.311 e. The van der Waals surface area contributed by atoms with Crippen LogP contribution in [0.4, 0.5) is 34.1 Å². The molecule has 14 rings (SSSR count). The highest BCUT2D eigenvalue weighted by atomic mass is 15.2. The summed E-state index contributed by atoms with van der Waals surface area (Å²) in [4.78, 5) is 16.4. The predicted octanol–water partition coefficient (Wildman–Crippen LogP) is 18.8. The zero-order valence-electron chi connectivity index (χ0n) is 47.8. The fraction of sp³-hybridized carbons (Fsp3) is 0.103. The topological polar surface area (TPSA) is 32.3 Å². The standard InChI is InChI=1S/C78H63BN4/c1-77(2,3)63-37-39-67-71(49-63)82(65-43-58(52-25-13-7-14-26-52)41-59(44-65)53-27-15-8-16-28-53)73-47-62(76-80-69(56-33-21-11-22-34-56)51-70(81-76)57-35-23-12-24-36-57)48-74-75(73)79(67)68-40-38-64(78(4,5)6)50-72(68)83(74)66-45-60(54-29-17-9-18-30-54)42-61(46-66)55-31-19-10-20-32-55/h7-51H,1-6H3. The molecule has 1 aromatic heterocycles. The van der Waals surface area contributed by atoms with E-state index in [0.29, 0.717) is 5.82 Å². The number of hydrogen-bond donors (Lipinski definition) is 0. The van der Waals surface area contributed by atoms with Crippen molar-refractivity contribution in [1.82, 2.24) is 9.97 Å². The van der Waals surface area contributed by atoms with Crippen molar-refractivity contribution >= 4 is 57.2 Å². The Morgan fingerprint density at radius 3 is 0.904 bits per heavy atom. The van der Waals surface area contributed by atoms with Crippen LogP contribution in [0.3, 0.4) is 0 Å². The molecular weight excluding hydrogens is 1000 g/mol. The monoisotopic (exact) mass is 1070 g/mol. The van der Waals surface area contributed by atoms with Gasteiger partial charge in [-0.05, 0) is 150 Å². The van der Waals surface area contributed by atoms with E-state index in [1.165, 1.54) is 27.5 Å². The number of benzene rings is 11. The van der Waals surface area contributed by atoms with Crippen molar-refractivity contribution in [2.45, 2.75) is 52.4 Å². The molecule has 0 aliphatic carbocycles. The van der Waals surface area contributed by atoms with Crippen molar-refractivity contribution in [3.63, 3.8) is 0 Å². The summed E-state index contributed by atoms with van der Waals surface area (Å²) < 4.78 is 0. The molecule has 0 N–H and O–H groups in total. The second-order valence-electron chi connectivity index (χ2n) is 24.3. The molecule has 83 heavy (non-hydrogen) atoms. The fourth-order valence-corrected chi connectivity index (χ4v) is 12.4. The molecule has 398 valence electrons. The van der Waals surface area contributed by atoms with Gasteiger partial charge in [0.2, 0.25) is 0 Å². The van der Waals surface area contributed by atoms with Gasteiger partial charge in [0, 0.05) is 50.8 Å². The summed E-state index contributed by atoms with van der Waals surface area (Å²) in [6.45, 7) is 13.8. The Labute approximate surface area is 489 Å². The molecule has 5 heteroatoms. The van der Waals surface area contributed by atoms with Crippen molar-refractivity contribution in [1.29, 1.82) is 0 Å². The minimum absolute atomic E-state index is 0.136. The zero-order valence-corrected chi connectivity index (χ0v) is 47.8. The van der Waals surface area contributed by atoms with Crippen LogP contribution in [0.15, 0.2) is 273 Å². The molecule has 0 bridgehead atoms. The van der Waals surface area contributed by atoms with Gasteiger partial charge >= 0.3 is 0 Å². The number of aromatic nitrogens is 2. The quantitative estimate of drug-likeness (QED) is 0.135. The van der Waals surface area contributed by atoms with Gasteiger partial charge in [-0.2, -0.15) is 0 Å². The Hall–Kier alpha value is -9.84. The average molecular weight is 1070 g/mol. The normalized spacial score (nSPS) is 12.6. The molecule has 3 heterocycles. The lowest BCUT2D eigenvalue weighted by molar-refractivity contribution is 0.590. The highest BCUT2D eigenvalue weighted by Gasteiger charge is 2.45. The molecule has 2 aliphatic heterocycles. The van der Waals surface area contributed by atoms with Crippen LogP contribution in [0.1, 0.15) is 52.7 Å². The summed E-state index contributed by atoms with van der Waals surface area (Å²) in [6.07, 6.45) is 0. The fourth-order valence-electron chi connectivity index (χ4n) is 12.4. The summed E-state index contributed by atoms with van der Waals surface area (Å²) in [7, 11) is 0. The van der Waals surface area contributed by atoms with Crippen LogP contribution in [-0.4, -0.2) is 16.7 Å². The summed E-state index contributed by atoms with van der Waals surface area (Å²) >= 11 is 0. The molecule has 0 amide bonds. The van der Waals surface area contributed by atoms with Crippen LogP contribution >= 0.6 is 0 Å². The molecular formula is C78H63BN4. The van der Waals surface area contributed by atoms with Crippen molar-refractivity contribution in [3.05, 3.63) is 284 Å². The van der Waals surface area contributed by atoms with Crippen molar-refractivity contribution < 1.29 is 0 Å². The van der Waals surface area contributed by atoms with Gasteiger partial charge in [0.15, 0.2) is 5.82 Å². The molecule has 0 fully saturated rings. The maximum Gasteiger partial charge on any atom is 0.252 e. The molecule has 0 atom stereocenters. The third-order valence-corrected chi connectivity index (χ3v) is 16.7. The highest BCUT2D eigenvalue weighted by Crippen LogP contribution is 2.50. The maximum absolute atomic E-state index is 5.60. The predicted molar refractivity (Wildman–Crippen MR) is 352 cm³/mol. The second kappa shape index (κ2) is 20.6. The number of nitrogens with zero attached hydrogens (tertiary/aromatic N) is 4. The first-order chi connectivity index (χ1) is 40.4. The Kier molecular flexibility index (Phi) is 12.7. The van der Waals surface area contributed by atoms with Gasteiger partial charge in [0.25, 0.3) is 6.71 Å². The van der Waals surface area contributed by atoms with E-state index in [1.54, 1.807) is 0 Å². The highest BCUT2D eigenvalue weighted by molar-refractivity contribution is 7.00. The average Bonchev–Trinajstić information content (AvgIpc) is 0.966. The van der Waals surface area contributed by atoms with Crippen LogP contribution in [0.5, 0.6) is 0 Å². The summed E-state index contributed by atoms with van der Waals surface area (Å²) in [6, 6.07) is 100. The Balaban J connectivity index is 1.14. The third kappa shape index (κ3) is 9.62. The van der Waals surface area contributed by atoms with Crippen LogP contribution in [0.25, 0.3) is 78.4 Å². The molecule has 12 aromatic rings. The first kappa shape index (κ1) is 51.3. The third-order valence-electron chi connectivity index (χ3n) is 16.7. The van der Waals surface area contributed by atoms with Gasteiger partial charge in [-0.3, -0.25) is 0 Å². The SMILES string of the molecule is CC(C)(C)c1ccc2c(c1)N(c1cc(-c3ccccc3)cc(-c3ccccc3)c1)c1cc(-c3nc(-c4ccccc4)cc(-c4ccccc4)n3)cc3c1B2c1ccc(C(C)(C)C)cc1N3c1cc(-c2ccccc2)cc(-c2ccccc2)c1. The van der Waals surface area contributed by atoms with E-state index in [2.05, 4.69) is 324 Å². The van der Waals surface area contributed by atoms with E-state index >= 15 is 0 Å². The van der Waals surface area contributed by atoms with Gasteiger partial charge < -0.3 is 9.80 Å². The van der Waals surface area contributed by atoms with E-state index < -0.39 is 0 Å². The Morgan fingerprint density at radius 2 is 0.590 bits per heavy atom. The molecule has 11 aromatic carbocycles. The number of anilines is 6. The van der Waals surface area contributed by atoms with Crippen LogP contribution in [-0.2, 0) is 10.8 Å². The van der Waals surface area contributed by atoms with Gasteiger partial charge in [-0.25, -0.2) is 9.97 Å². The van der Waals surface area contributed by atoms with Gasteiger partial charge in [-0.15, -0.1) is 0 Å². The molecule has 2 aliphatic rings. The summed E-state index contributed by atoms with van der Waals surface area (Å²) in [5, 5.41) is 0.